The van der Waals surface area contributed by atoms with Gasteiger partial charge in [0.05, 0.1) is 0 Å². The van der Waals surface area contributed by atoms with Gasteiger partial charge in [0.2, 0.25) is 0 Å². The summed E-state index contributed by atoms with van der Waals surface area (Å²) in [5.41, 5.74) is 0.525. The van der Waals surface area contributed by atoms with Crippen molar-refractivity contribution in [1.82, 2.24) is 0 Å². The van der Waals surface area contributed by atoms with Gasteiger partial charge in [-0.3, -0.25) is 0 Å². The third kappa shape index (κ3) is 4.11. The van der Waals surface area contributed by atoms with Crippen molar-refractivity contribution in [3.8, 4) is 0 Å². The molecule has 1 heteroatoms. The second-order valence-corrected chi connectivity index (χ2v) is 9.50. The summed E-state index contributed by atoms with van der Waals surface area (Å²) >= 11 is 2.46. The van der Waals surface area contributed by atoms with Crippen LogP contribution in [0.15, 0.2) is 22.3 Å². The van der Waals surface area contributed by atoms with E-state index in [1.165, 1.54) is 48.5 Å². The highest BCUT2D eigenvalue weighted by Gasteiger charge is 2.40. The summed E-state index contributed by atoms with van der Waals surface area (Å²) < 4.78 is 1.47. The Balaban J connectivity index is 1.97. The molecule has 0 aromatic rings. The van der Waals surface area contributed by atoms with Gasteiger partial charge in [-0.1, -0.05) is 26.0 Å². The molecule has 20 heavy (non-hydrogen) atoms. The summed E-state index contributed by atoms with van der Waals surface area (Å²) in [7, 11) is 0. The molecule has 0 aromatic carbocycles. The van der Waals surface area contributed by atoms with Gasteiger partial charge < -0.3 is 0 Å². The fraction of sp³-hybridized carbons (Fsp3) is 0.789. The van der Waals surface area contributed by atoms with Crippen molar-refractivity contribution in [2.45, 2.75) is 65.7 Å². The van der Waals surface area contributed by atoms with Crippen molar-refractivity contribution < 1.29 is 0 Å². The highest BCUT2D eigenvalue weighted by atomic mass is 127. The van der Waals surface area contributed by atoms with Crippen molar-refractivity contribution in [2.24, 2.45) is 29.1 Å². The molecule has 2 fully saturated rings. The molecule has 0 aromatic heterocycles. The van der Waals surface area contributed by atoms with E-state index in [4.69, 9.17) is 0 Å². The van der Waals surface area contributed by atoms with E-state index in [1.807, 2.05) is 0 Å². The zero-order chi connectivity index (χ0) is 14.8. The topological polar surface area (TPSA) is 0 Å². The Kier molecular flexibility index (Phi) is 5.79. The molecule has 2 rings (SSSR count). The van der Waals surface area contributed by atoms with Crippen LogP contribution in [0, 0.1) is 29.1 Å². The Labute approximate surface area is 139 Å². The van der Waals surface area contributed by atoms with Gasteiger partial charge >= 0.3 is 0 Å². The van der Waals surface area contributed by atoms with Gasteiger partial charge in [-0.05, 0) is 107 Å². The molecule has 0 N–H and O–H groups in total. The number of hydrogen-bond acceptors (Lipinski definition) is 0. The molecular weight excluding hydrogens is 355 g/mol. The van der Waals surface area contributed by atoms with Gasteiger partial charge in [0.15, 0.2) is 0 Å². The molecule has 114 valence electrons. The fourth-order valence-electron chi connectivity index (χ4n) is 4.84. The third-order valence-electron chi connectivity index (χ3n) is 5.82. The second-order valence-electron chi connectivity index (χ2n) is 7.80. The maximum atomic E-state index is 3.98. The molecule has 0 spiro atoms. The lowest BCUT2D eigenvalue weighted by molar-refractivity contribution is 0.0409. The van der Waals surface area contributed by atoms with Gasteiger partial charge in [0.1, 0.15) is 0 Å². The number of hydrogen-bond donors (Lipinski definition) is 0. The first-order chi connectivity index (χ1) is 9.42. The lowest BCUT2D eigenvalue weighted by atomic mass is 9.58. The first-order valence-corrected chi connectivity index (χ1v) is 9.46. The Morgan fingerprint density at radius 3 is 2.15 bits per heavy atom. The van der Waals surface area contributed by atoms with E-state index in [2.05, 4.69) is 62.1 Å². The van der Waals surface area contributed by atoms with Crippen LogP contribution in [0.25, 0.3) is 0 Å². The first kappa shape index (κ1) is 16.6. The van der Waals surface area contributed by atoms with Gasteiger partial charge in [0.25, 0.3) is 0 Å². The number of halogens is 1. The van der Waals surface area contributed by atoms with Crippen molar-refractivity contribution >= 4 is 22.6 Å². The predicted molar refractivity (Wildman–Crippen MR) is 98.0 cm³/mol. The average molecular weight is 386 g/mol. The van der Waals surface area contributed by atoms with Crippen LogP contribution in [-0.4, -0.2) is 0 Å². The summed E-state index contributed by atoms with van der Waals surface area (Å²) in [6.07, 6.45) is 14.6. The molecule has 2 saturated carbocycles. The molecule has 0 saturated heterocycles. The van der Waals surface area contributed by atoms with Crippen LogP contribution in [0.2, 0.25) is 0 Å². The molecule has 0 nitrogen and oxygen atoms in total. The molecule has 0 radical (unpaired) electrons. The fourth-order valence-corrected chi connectivity index (χ4v) is 5.35. The SMILES string of the molecule is C=CC1CCC(C2CCC(/C=C(\C)I)CC2(C)C)CC1. The van der Waals surface area contributed by atoms with E-state index in [9.17, 15) is 0 Å². The molecule has 2 unspecified atom stereocenters. The van der Waals surface area contributed by atoms with Crippen LogP contribution >= 0.6 is 22.6 Å². The minimum absolute atomic E-state index is 0.525. The summed E-state index contributed by atoms with van der Waals surface area (Å²) in [6, 6.07) is 0. The molecule has 2 aliphatic rings. The lowest BCUT2D eigenvalue weighted by Crippen LogP contribution is -2.37. The van der Waals surface area contributed by atoms with Gasteiger partial charge in [-0.15, -0.1) is 6.58 Å². The van der Waals surface area contributed by atoms with E-state index in [1.54, 1.807) is 0 Å². The monoisotopic (exact) mass is 386 g/mol. The van der Waals surface area contributed by atoms with E-state index < -0.39 is 0 Å². The highest BCUT2D eigenvalue weighted by molar-refractivity contribution is 14.1. The Hall–Kier alpha value is 0.210. The first-order valence-electron chi connectivity index (χ1n) is 8.39. The van der Waals surface area contributed by atoms with E-state index in [0.717, 1.165) is 23.7 Å². The molecule has 2 atom stereocenters. The Morgan fingerprint density at radius 2 is 1.65 bits per heavy atom. The van der Waals surface area contributed by atoms with Crippen LogP contribution in [-0.2, 0) is 0 Å². The normalized spacial score (nSPS) is 38.5. The average Bonchev–Trinajstić information content (AvgIpc) is 2.37. The standard InChI is InChI=1S/C19H31I/c1-5-15-6-9-17(10-7-15)18-11-8-16(12-14(2)20)13-19(18,3)4/h5,12,15-18H,1,6-11,13H2,2-4H3/b14-12+. The number of rotatable bonds is 3. The molecule has 0 amide bonds. The van der Waals surface area contributed by atoms with Crippen LogP contribution in [0.4, 0.5) is 0 Å². The lowest BCUT2D eigenvalue weighted by Gasteiger charge is -2.47. The van der Waals surface area contributed by atoms with Crippen molar-refractivity contribution in [3.63, 3.8) is 0 Å². The van der Waals surface area contributed by atoms with Crippen molar-refractivity contribution in [1.29, 1.82) is 0 Å². The van der Waals surface area contributed by atoms with Crippen LogP contribution in [0.1, 0.15) is 65.7 Å². The smallest absolute Gasteiger partial charge is 0.0162 e. The van der Waals surface area contributed by atoms with Crippen LogP contribution < -0.4 is 0 Å². The second kappa shape index (κ2) is 6.98. The van der Waals surface area contributed by atoms with Crippen molar-refractivity contribution in [3.05, 3.63) is 22.3 Å². The summed E-state index contributed by atoms with van der Waals surface area (Å²) in [5, 5.41) is 0. The summed E-state index contributed by atoms with van der Waals surface area (Å²) in [4.78, 5) is 0. The zero-order valence-corrected chi connectivity index (χ0v) is 15.7. The molecule has 2 aliphatic carbocycles. The quantitative estimate of drug-likeness (QED) is 0.371. The number of allylic oxidation sites excluding steroid dienone is 3. The van der Waals surface area contributed by atoms with E-state index in [0.29, 0.717) is 5.41 Å². The van der Waals surface area contributed by atoms with Crippen LogP contribution in [0.3, 0.4) is 0 Å². The predicted octanol–water partition coefficient (Wildman–Crippen LogP) is 6.76. The highest BCUT2D eigenvalue weighted by Crippen LogP contribution is 2.51. The minimum atomic E-state index is 0.525. The van der Waals surface area contributed by atoms with Crippen molar-refractivity contribution in [2.75, 3.05) is 0 Å². The van der Waals surface area contributed by atoms with E-state index in [-0.39, 0.29) is 0 Å². The molecule has 0 bridgehead atoms. The maximum absolute atomic E-state index is 3.98. The third-order valence-corrected chi connectivity index (χ3v) is 6.18. The van der Waals surface area contributed by atoms with Gasteiger partial charge in [-0.2, -0.15) is 0 Å². The summed E-state index contributed by atoms with van der Waals surface area (Å²) in [5.74, 6) is 3.55. The van der Waals surface area contributed by atoms with Crippen LogP contribution in [0.5, 0.6) is 0 Å². The molecule has 0 aliphatic heterocycles. The maximum Gasteiger partial charge on any atom is -0.0162 e. The van der Waals surface area contributed by atoms with Gasteiger partial charge in [0, 0.05) is 0 Å². The zero-order valence-electron chi connectivity index (χ0n) is 13.5. The molecular formula is C19H31I. The Bertz CT molecular complexity index is 354. The Morgan fingerprint density at radius 1 is 1.05 bits per heavy atom. The largest absolute Gasteiger partial charge is 0.103 e. The van der Waals surface area contributed by atoms with Gasteiger partial charge in [-0.25, -0.2) is 0 Å². The summed E-state index contributed by atoms with van der Waals surface area (Å²) in [6.45, 7) is 11.3. The minimum Gasteiger partial charge on any atom is -0.103 e. The van der Waals surface area contributed by atoms with E-state index >= 15 is 0 Å². The molecule has 0 heterocycles.